The Labute approximate surface area is 115 Å². The molecule has 2 aromatic rings. The molecular formula is C14H15FN2O3. The molecule has 1 fully saturated rings. The summed E-state index contributed by atoms with van der Waals surface area (Å²) in [5.74, 6) is -0.402. The summed E-state index contributed by atoms with van der Waals surface area (Å²) in [6, 6.07) is 2.84. The molecule has 1 aliphatic heterocycles. The van der Waals surface area contributed by atoms with Crippen molar-refractivity contribution >= 4 is 11.8 Å². The molecule has 0 bridgehead atoms. The van der Waals surface area contributed by atoms with E-state index < -0.39 is 5.82 Å². The summed E-state index contributed by atoms with van der Waals surface area (Å²) in [4.78, 5) is 11.2. The first-order valence-electron chi connectivity index (χ1n) is 6.63. The standard InChI is InChI=1S/C14H15FN2O3/c15-10-4-5-13-11(8-18)12(16-17(13)7-10)9-20-14-3-1-2-6-19-14/h4-5,7-8,14H,1-3,6,9H2. The summed E-state index contributed by atoms with van der Waals surface area (Å²) in [6.07, 6.45) is 4.68. The van der Waals surface area contributed by atoms with Crippen molar-refractivity contribution in [3.05, 3.63) is 35.4 Å². The second-order valence-corrected chi connectivity index (χ2v) is 4.76. The normalized spacial score (nSPS) is 19.4. The van der Waals surface area contributed by atoms with E-state index in [9.17, 15) is 9.18 Å². The zero-order chi connectivity index (χ0) is 13.9. The molecule has 0 amide bonds. The van der Waals surface area contributed by atoms with Crippen LogP contribution >= 0.6 is 0 Å². The predicted molar refractivity (Wildman–Crippen MR) is 68.9 cm³/mol. The highest BCUT2D eigenvalue weighted by molar-refractivity contribution is 5.87. The fourth-order valence-corrected chi connectivity index (χ4v) is 2.34. The molecule has 3 rings (SSSR count). The molecule has 106 valence electrons. The van der Waals surface area contributed by atoms with Crippen molar-refractivity contribution in [2.45, 2.75) is 32.2 Å². The van der Waals surface area contributed by atoms with E-state index >= 15 is 0 Å². The summed E-state index contributed by atoms with van der Waals surface area (Å²) in [5, 5.41) is 4.19. The van der Waals surface area contributed by atoms with Gasteiger partial charge in [-0.1, -0.05) is 0 Å². The number of hydrogen-bond donors (Lipinski definition) is 0. The molecule has 6 heteroatoms. The molecule has 0 N–H and O–H groups in total. The second-order valence-electron chi connectivity index (χ2n) is 4.76. The number of carbonyl (C=O) groups is 1. The third kappa shape index (κ3) is 2.57. The number of aromatic nitrogens is 2. The summed E-state index contributed by atoms with van der Waals surface area (Å²) in [5.41, 5.74) is 1.50. The molecule has 1 saturated heterocycles. The maximum atomic E-state index is 13.2. The van der Waals surface area contributed by atoms with Crippen molar-refractivity contribution in [2.75, 3.05) is 6.61 Å². The minimum Gasteiger partial charge on any atom is -0.353 e. The zero-order valence-corrected chi connectivity index (χ0v) is 10.9. The van der Waals surface area contributed by atoms with Crippen molar-refractivity contribution in [3.63, 3.8) is 0 Å². The smallest absolute Gasteiger partial charge is 0.158 e. The number of pyridine rings is 1. The molecule has 3 heterocycles. The molecule has 1 aliphatic rings. The maximum absolute atomic E-state index is 13.2. The van der Waals surface area contributed by atoms with Crippen molar-refractivity contribution in [2.24, 2.45) is 0 Å². The Bertz CT molecular complexity index is 620. The lowest BCUT2D eigenvalue weighted by molar-refractivity contribution is -0.169. The molecule has 5 nitrogen and oxygen atoms in total. The number of ether oxygens (including phenoxy) is 2. The number of nitrogens with zero attached hydrogens (tertiary/aromatic N) is 2. The third-order valence-corrected chi connectivity index (χ3v) is 3.37. The maximum Gasteiger partial charge on any atom is 0.158 e. The van der Waals surface area contributed by atoms with Crippen molar-refractivity contribution in [3.8, 4) is 0 Å². The van der Waals surface area contributed by atoms with E-state index in [-0.39, 0.29) is 12.9 Å². The van der Waals surface area contributed by atoms with E-state index in [1.165, 1.54) is 22.8 Å². The van der Waals surface area contributed by atoms with Gasteiger partial charge in [0.25, 0.3) is 0 Å². The van der Waals surface area contributed by atoms with Gasteiger partial charge in [-0.15, -0.1) is 0 Å². The van der Waals surface area contributed by atoms with Crippen LogP contribution in [0.3, 0.4) is 0 Å². The molecule has 0 radical (unpaired) electrons. The van der Waals surface area contributed by atoms with Crippen LogP contribution in [0, 0.1) is 5.82 Å². The lowest BCUT2D eigenvalue weighted by Crippen LogP contribution is -2.22. The SMILES string of the molecule is O=Cc1c(COC2CCCCO2)nn2cc(F)ccc12. The minimum absolute atomic E-state index is 0.183. The average molecular weight is 278 g/mol. The Morgan fingerprint density at radius 2 is 2.40 bits per heavy atom. The van der Waals surface area contributed by atoms with Crippen LogP contribution in [-0.4, -0.2) is 28.8 Å². The molecule has 1 atom stereocenters. The van der Waals surface area contributed by atoms with E-state index in [0.29, 0.717) is 23.4 Å². The third-order valence-electron chi connectivity index (χ3n) is 3.37. The van der Waals surface area contributed by atoms with Crippen LogP contribution < -0.4 is 0 Å². The highest BCUT2D eigenvalue weighted by Crippen LogP contribution is 2.19. The van der Waals surface area contributed by atoms with Crippen LogP contribution in [0.1, 0.15) is 35.3 Å². The van der Waals surface area contributed by atoms with Gasteiger partial charge in [-0.05, 0) is 31.4 Å². The quantitative estimate of drug-likeness (QED) is 0.805. The Kier molecular flexibility index (Phi) is 3.75. The molecule has 20 heavy (non-hydrogen) atoms. The minimum atomic E-state index is -0.402. The first-order chi connectivity index (χ1) is 9.78. The topological polar surface area (TPSA) is 52.8 Å². The first kappa shape index (κ1) is 13.2. The summed E-state index contributed by atoms with van der Waals surface area (Å²) in [6.45, 7) is 0.879. The lowest BCUT2D eigenvalue weighted by Gasteiger charge is -2.22. The molecule has 0 spiro atoms. The van der Waals surface area contributed by atoms with Gasteiger partial charge < -0.3 is 9.47 Å². The van der Waals surface area contributed by atoms with Crippen molar-refractivity contribution < 1.29 is 18.7 Å². The number of halogens is 1. The van der Waals surface area contributed by atoms with Gasteiger partial charge in [-0.3, -0.25) is 4.79 Å². The fourth-order valence-electron chi connectivity index (χ4n) is 2.34. The van der Waals surface area contributed by atoms with Gasteiger partial charge in [0.05, 0.1) is 29.6 Å². The number of rotatable bonds is 4. The molecule has 2 aromatic heterocycles. The molecular weight excluding hydrogens is 263 g/mol. The lowest BCUT2D eigenvalue weighted by atomic mass is 10.2. The molecule has 0 aromatic carbocycles. The Morgan fingerprint density at radius 1 is 1.50 bits per heavy atom. The van der Waals surface area contributed by atoms with Crippen molar-refractivity contribution in [1.29, 1.82) is 0 Å². The van der Waals surface area contributed by atoms with E-state index in [4.69, 9.17) is 9.47 Å². The van der Waals surface area contributed by atoms with Crippen molar-refractivity contribution in [1.82, 2.24) is 9.61 Å². The van der Waals surface area contributed by atoms with Crippen LogP contribution in [0.25, 0.3) is 5.52 Å². The zero-order valence-electron chi connectivity index (χ0n) is 10.9. The predicted octanol–water partition coefficient (Wildman–Crippen LogP) is 2.33. The molecule has 0 aliphatic carbocycles. The Hall–Kier alpha value is -1.79. The fraction of sp³-hybridized carbons (Fsp3) is 0.429. The summed E-state index contributed by atoms with van der Waals surface area (Å²) < 4.78 is 25.6. The monoisotopic (exact) mass is 278 g/mol. The summed E-state index contributed by atoms with van der Waals surface area (Å²) in [7, 11) is 0. The van der Waals surface area contributed by atoms with E-state index in [2.05, 4.69) is 5.10 Å². The first-order valence-corrected chi connectivity index (χ1v) is 6.63. The Balaban J connectivity index is 1.81. The van der Waals surface area contributed by atoms with Crippen LogP contribution in [0.5, 0.6) is 0 Å². The van der Waals surface area contributed by atoms with Crippen LogP contribution in [0.15, 0.2) is 18.3 Å². The second kappa shape index (κ2) is 5.68. The van der Waals surface area contributed by atoms with Gasteiger partial charge in [0, 0.05) is 6.61 Å². The van der Waals surface area contributed by atoms with Crippen LogP contribution in [-0.2, 0) is 16.1 Å². The van der Waals surface area contributed by atoms with Gasteiger partial charge in [0.2, 0.25) is 0 Å². The number of hydrogen-bond acceptors (Lipinski definition) is 4. The molecule has 1 unspecified atom stereocenters. The van der Waals surface area contributed by atoms with E-state index in [1.54, 1.807) is 0 Å². The number of aldehydes is 1. The molecule has 0 saturated carbocycles. The number of fused-ring (bicyclic) bond motifs is 1. The van der Waals surface area contributed by atoms with E-state index in [1.807, 2.05) is 0 Å². The van der Waals surface area contributed by atoms with Gasteiger partial charge in [-0.25, -0.2) is 8.91 Å². The van der Waals surface area contributed by atoms with E-state index in [0.717, 1.165) is 25.5 Å². The highest BCUT2D eigenvalue weighted by Gasteiger charge is 2.17. The van der Waals surface area contributed by atoms with Gasteiger partial charge in [0.15, 0.2) is 12.6 Å². The largest absolute Gasteiger partial charge is 0.353 e. The summed E-state index contributed by atoms with van der Waals surface area (Å²) >= 11 is 0. The Morgan fingerprint density at radius 3 is 3.15 bits per heavy atom. The van der Waals surface area contributed by atoms with Gasteiger partial charge in [-0.2, -0.15) is 5.10 Å². The van der Waals surface area contributed by atoms with Gasteiger partial charge in [0.1, 0.15) is 5.82 Å². The average Bonchev–Trinajstić information content (AvgIpc) is 2.82. The highest BCUT2D eigenvalue weighted by atomic mass is 19.1. The van der Waals surface area contributed by atoms with Crippen LogP contribution in [0.4, 0.5) is 4.39 Å². The number of carbonyl (C=O) groups excluding carboxylic acids is 1. The van der Waals surface area contributed by atoms with Gasteiger partial charge >= 0.3 is 0 Å². The van der Waals surface area contributed by atoms with Crippen LogP contribution in [0.2, 0.25) is 0 Å².